The number of aryl methyl sites for hydroxylation is 1. The molecule has 2 heteroatoms. The fourth-order valence-electron chi connectivity index (χ4n) is 4.76. The molecule has 0 spiro atoms. The topological polar surface area (TPSA) is 17.1 Å². The van der Waals surface area contributed by atoms with E-state index in [9.17, 15) is 4.57 Å². The molecular formula is C35H37OP. The molecule has 0 bridgehead atoms. The van der Waals surface area contributed by atoms with Crippen LogP contribution in [0.2, 0.25) is 0 Å². The van der Waals surface area contributed by atoms with Crippen molar-refractivity contribution in [2.24, 2.45) is 0 Å². The molecular weight excluding hydrogens is 467 g/mol. The first-order chi connectivity index (χ1) is 18.2. The SMILES string of the molecule is CCCCC#Cc1c(CCCC)cc(CP(=O)(c2ccccc2)c2ccccc2)cc1-c1ccccc1. The number of hydrogen-bond donors (Lipinski definition) is 0. The fraction of sp³-hybridized carbons (Fsp3) is 0.257. The van der Waals surface area contributed by atoms with Gasteiger partial charge in [0.25, 0.3) is 0 Å². The zero-order valence-electron chi connectivity index (χ0n) is 22.1. The average molecular weight is 505 g/mol. The minimum absolute atomic E-state index is 0.490. The molecule has 0 saturated carbocycles. The first kappa shape index (κ1) is 26.7. The first-order valence-electron chi connectivity index (χ1n) is 13.6. The van der Waals surface area contributed by atoms with E-state index >= 15 is 0 Å². The first-order valence-corrected chi connectivity index (χ1v) is 15.4. The maximum absolute atomic E-state index is 14.9. The minimum Gasteiger partial charge on any atom is -0.313 e. The van der Waals surface area contributed by atoms with E-state index in [0.717, 1.165) is 71.4 Å². The van der Waals surface area contributed by atoms with Gasteiger partial charge in [-0.05, 0) is 47.6 Å². The van der Waals surface area contributed by atoms with Gasteiger partial charge in [0, 0.05) is 28.8 Å². The summed E-state index contributed by atoms with van der Waals surface area (Å²) in [6, 6.07) is 35.0. The van der Waals surface area contributed by atoms with Crippen molar-refractivity contribution >= 4 is 17.8 Å². The lowest BCUT2D eigenvalue weighted by Crippen LogP contribution is -2.17. The van der Waals surface area contributed by atoms with Crippen LogP contribution < -0.4 is 10.6 Å². The van der Waals surface area contributed by atoms with Gasteiger partial charge in [-0.2, -0.15) is 0 Å². The normalized spacial score (nSPS) is 11.1. The number of benzene rings is 4. The third kappa shape index (κ3) is 6.71. The molecule has 188 valence electrons. The van der Waals surface area contributed by atoms with Gasteiger partial charge in [-0.3, -0.25) is 0 Å². The van der Waals surface area contributed by atoms with Gasteiger partial charge in [-0.1, -0.05) is 136 Å². The van der Waals surface area contributed by atoms with Crippen LogP contribution in [0, 0.1) is 11.8 Å². The van der Waals surface area contributed by atoms with E-state index in [2.05, 4.69) is 68.2 Å². The van der Waals surface area contributed by atoms with E-state index in [-0.39, 0.29) is 0 Å². The second-order valence-corrected chi connectivity index (χ2v) is 12.4. The third-order valence-electron chi connectivity index (χ3n) is 6.78. The highest BCUT2D eigenvalue weighted by atomic mass is 31.2. The Kier molecular flexibility index (Phi) is 9.59. The third-order valence-corrected chi connectivity index (χ3v) is 9.86. The highest BCUT2D eigenvalue weighted by Gasteiger charge is 2.28. The summed E-state index contributed by atoms with van der Waals surface area (Å²) in [4.78, 5) is 0. The lowest BCUT2D eigenvalue weighted by molar-refractivity contribution is 0.586. The molecule has 0 heterocycles. The van der Waals surface area contributed by atoms with Gasteiger partial charge in [0.2, 0.25) is 0 Å². The standard InChI is InChI=1S/C35H37OP/c1-3-5-7-17-25-34-31(18-6-4-2)26-29(27-35(34)30-19-11-8-12-20-30)28-37(36,32-21-13-9-14-22-32)33-23-15-10-16-24-33/h8-16,19-24,26-27H,3-7,18,28H2,1-2H3. The van der Waals surface area contributed by atoms with Gasteiger partial charge in [-0.15, -0.1) is 0 Å². The van der Waals surface area contributed by atoms with E-state index in [1.807, 2.05) is 60.7 Å². The quantitative estimate of drug-likeness (QED) is 0.120. The van der Waals surface area contributed by atoms with Crippen molar-refractivity contribution in [3.05, 3.63) is 120 Å². The summed E-state index contributed by atoms with van der Waals surface area (Å²) in [5.74, 6) is 7.00. The molecule has 0 fully saturated rings. The van der Waals surface area contributed by atoms with Gasteiger partial charge in [0.05, 0.1) is 0 Å². The Morgan fingerprint density at radius 3 is 1.84 bits per heavy atom. The van der Waals surface area contributed by atoms with Crippen LogP contribution >= 0.6 is 7.14 Å². The Morgan fingerprint density at radius 2 is 1.27 bits per heavy atom. The van der Waals surface area contributed by atoms with Crippen LogP contribution in [0.1, 0.15) is 62.6 Å². The Hall–Kier alpha value is -3.33. The Bertz CT molecular complexity index is 1340. The van der Waals surface area contributed by atoms with Crippen LogP contribution in [0.4, 0.5) is 0 Å². The van der Waals surface area contributed by atoms with Crippen LogP contribution in [-0.2, 0) is 17.1 Å². The van der Waals surface area contributed by atoms with E-state index in [1.165, 1.54) is 5.56 Å². The van der Waals surface area contributed by atoms with Gasteiger partial charge in [0.15, 0.2) is 0 Å². The van der Waals surface area contributed by atoms with E-state index in [0.29, 0.717) is 6.16 Å². The molecule has 0 atom stereocenters. The second kappa shape index (κ2) is 13.3. The molecule has 0 unspecified atom stereocenters. The molecule has 37 heavy (non-hydrogen) atoms. The molecule has 0 aliphatic rings. The minimum atomic E-state index is -2.88. The van der Waals surface area contributed by atoms with E-state index < -0.39 is 7.14 Å². The molecule has 0 N–H and O–H groups in total. The van der Waals surface area contributed by atoms with Crippen molar-refractivity contribution in [1.82, 2.24) is 0 Å². The summed E-state index contributed by atoms with van der Waals surface area (Å²) in [5, 5.41) is 1.81. The van der Waals surface area contributed by atoms with Crippen LogP contribution in [0.3, 0.4) is 0 Å². The summed E-state index contributed by atoms with van der Waals surface area (Å²) in [6.07, 6.45) is 6.88. The monoisotopic (exact) mass is 504 g/mol. The van der Waals surface area contributed by atoms with Crippen LogP contribution in [0.5, 0.6) is 0 Å². The van der Waals surface area contributed by atoms with Gasteiger partial charge < -0.3 is 4.57 Å². The van der Waals surface area contributed by atoms with E-state index in [4.69, 9.17) is 0 Å². The maximum atomic E-state index is 14.9. The second-order valence-electron chi connectivity index (χ2n) is 9.62. The Labute approximate surface area is 223 Å². The van der Waals surface area contributed by atoms with Crippen molar-refractivity contribution in [2.75, 3.05) is 0 Å². The molecule has 0 aliphatic heterocycles. The lowest BCUT2D eigenvalue weighted by atomic mass is 9.91. The molecule has 0 aliphatic carbocycles. The molecule has 0 radical (unpaired) electrons. The zero-order valence-corrected chi connectivity index (χ0v) is 23.0. The van der Waals surface area contributed by atoms with Crippen molar-refractivity contribution in [3.8, 4) is 23.0 Å². The van der Waals surface area contributed by atoms with Gasteiger partial charge in [0.1, 0.15) is 7.14 Å². The van der Waals surface area contributed by atoms with Crippen molar-refractivity contribution in [3.63, 3.8) is 0 Å². The summed E-state index contributed by atoms with van der Waals surface area (Å²) in [6.45, 7) is 4.43. The summed E-state index contributed by atoms with van der Waals surface area (Å²) >= 11 is 0. The smallest absolute Gasteiger partial charge is 0.147 e. The molecule has 0 aromatic heterocycles. The van der Waals surface area contributed by atoms with Crippen LogP contribution in [0.25, 0.3) is 11.1 Å². The van der Waals surface area contributed by atoms with Crippen LogP contribution in [0.15, 0.2) is 103 Å². The summed E-state index contributed by atoms with van der Waals surface area (Å²) < 4.78 is 14.9. The Morgan fingerprint density at radius 1 is 0.703 bits per heavy atom. The molecule has 4 aromatic rings. The number of rotatable bonds is 10. The molecule has 4 rings (SSSR count). The predicted molar refractivity (Wildman–Crippen MR) is 160 cm³/mol. The van der Waals surface area contributed by atoms with Crippen LogP contribution in [-0.4, -0.2) is 0 Å². The van der Waals surface area contributed by atoms with Gasteiger partial charge >= 0.3 is 0 Å². The van der Waals surface area contributed by atoms with Crippen molar-refractivity contribution < 1.29 is 4.57 Å². The molecule has 1 nitrogen and oxygen atoms in total. The average Bonchev–Trinajstić information content (AvgIpc) is 2.96. The van der Waals surface area contributed by atoms with Crippen molar-refractivity contribution in [2.45, 2.75) is 58.5 Å². The van der Waals surface area contributed by atoms with Crippen molar-refractivity contribution in [1.29, 1.82) is 0 Å². The number of hydrogen-bond acceptors (Lipinski definition) is 1. The largest absolute Gasteiger partial charge is 0.313 e. The summed E-state index contributed by atoms with van der Waals surface area (Å²) in [7, 11) is -2.88. The molecule has 4 aromatic carbocycles. The Balaban J connectivity index is 1.88. The van der Waals surface area contributed by atoms with Gasteiger partial charge in [-0.25, -0.2) is 0 Å². The highest BCUT2D eigenvalue weighted by Crippen LogP contribution is 2.47. The molecule has 0 amide bonds. The molecule has 0 saturated heterocycles. The predicted octanol–water partition coefficient (Wildman–Crippen LogP) is 8.75. The zero-order chi connectivity index (χ0) is 25.9. The fourth-order valence-corrected chi connectivity index (χ4v) is 7.43. The summed E-state index contributed by atoms with van der Waals surface area (Å²) in [5.41, 5.74) is 5.83. The van der Waals surface area contributed by atoms with E-state index in [1.54, 1.807) is 0 Å². The number of unbranched alkanes of at least 4 members (excludes halogenated alkanes) is 3. The maximum Gasteiger partial charge on any atom is 0.147 e. The highest BCUT2D eigenvalue weighted by molar-refractivity contribution is 7.78. The lowest BCUT2D eigenvalue weighted by Gasteiger charge is -2.21.